The van der Waals surface area contributed by atoms with E-state index in [-0.39, 0.29) is 5.78 Å². The Morgan fingerprint density at radius 1 is 0.947 bits per heavy atom. The Labute approximate surface area is 115 Å². The highest BCUT2D eigenvalue weighted by Crippen LogP contribution is 2.20. The zero-order valence-corrected chi connectivity index (χ0v) is 11.6. The van der Waals surface area contributed by atoms with Crippen molar-refractivity contribution in [3.63, 3.8) is 0 Å². The summed E-state index contributed by atoms with van der Waals surface area (Å²) in [6.45, 7) is 4.24. The number of benzene rings is 2. The molecule has 19 heavy (non-hydrogen) atoms. The lowest BCUT2D eigenvalue weighted by Gasteiger charge is -2.08. The number of carbonyl (C=O) groups excluding carboxylic acids is 1. The summed E-state index contributed by atoms with van der Waals surface area (Å²) in [4.78, 5) is 12.1. The maximum absolute atomic E-state index is 12.1. The van der Waals surface area contributed by atoms with E-state index in [9.17, 15) is 4.79 Å². The van der Waals surface area contributed by atoms with Crippen molar-refractivity contribution < 1.29 is 4.79 Å². The Morgan fingerprint density at radius 2 is 1.53 bits per heavy atom. The first kappa shape index (κ1) is 13.5. The minimum absolute atomic E-state index is 0.244. The predicted octanol–water partition coefficient (Wildman–Crippen LogP) is 4.97. The van der Waals surface area contributed by atoms with Gasteiger partial charge in [0.2, 0.25) is 0 Å². The van der Waals surface area contributed by atoms with Crippen LogP contribution in [0.5, 0.6) is 0 Å². The average molecular weight is 252 g/mol. The van der Waals surface area contributed by atoms with Crippen LogP contribution in [-0.2, 0) is 0 Å². The molecule has 0 N–H and O–H groups in total. The third-order valence-corrected chi connectivity index (χ3v) is 3.54. The average Bonchev–Trinajstić information content (AvgIpc) is 2.48. The normalized spacial score (nSPS) is 12.1. The predicted molar refractivity (Wildman–Crippen MR) is 80.3 cm³/mol. The number of hydrogen-bond acceptors (Lipinski definition) is 1. The zero-order chi connectivity index (χ0) is 13.7. The molecule has 1 nitrogen and oxygen atoms in total. The van der Waals surface area contributed by atoms with E-state index in [0.29, 0.717) is 12.3 Å². The summed E-state index contributed by atoms with van der Waals surface area (Å²) in [5, 5.41) is 0. The molecular weight excluding hydrogens is 232 g/mol. The van der Waals surface area contributed by atoms with E-state index in [2.05, 4.69) is 26.0 Å². The van der Waals surface area contributed by atoms with Crippen LogP contribution in [0.3, 0.4) is 0 Å². The van der Waals surface area contributed by atoms with Crippen molar-refractivity contribution in [3.05, 3.63) is 60.2 Å². The van der Waals surface area contributed by atoms with Gasteiger partial charge in [-0.1, -0.05) is 74.9 Å². The van der Waals surface area contributed by atoms with Crippen molar-refractivity contribution in [2.75, 3.05) is 0 Å². The number of hydrogen-bond donors (Lipinski definition) is 0. The molecule has 0 spiro atoms. The van der Waals surface area contributed by atoms with E-state index >= 15 is 0 Å². The molecule has 0 saturated carbocycles. The van der Waals surface area contributed by atoms with E-state index in [1.54, 1.807) is 0 Å². The van der Waals surface area contributed by atoms with Crippen molar-refractivity contribution in [2.45, 2.75) is 26.7 Å². The molecule has 0 aliphatic heterocycles. The van der Waals surface area contributed by atoms with Crippen molar-refractivity contribution >= 4 is 5.78 Å². The molecule has 0 aliphatic rings. The van der Waals surface area contributed by atoms with Crippen LogP contribution in [0.2, 0.25) is 0 Å². The lowest BCUT2D eigenvalue weighted by atomic mass is 9.96. The van der Waals surface area contributed by atoms with Gasteiger partial charge in [-0.2, -0.15) is 0 Å². The van der Waals surface area contributed by atoms with Gasteiger partial charge in [0.05, 0.1) is 0 Å². The van der Waals surface area contributed by atoms with Crippen molar-refractivity contribution in [1.29, 1.82) is 0 Å². The minimum atomic E-state index is 0.244. The van der Waals surface area contributed by atoms with Crippen molar-refractivity contribution in [3.8, 4) is 11.1 Å². The molecule has 2 rings (SSSR count). The summed E-state index contributed by atoms with van der Waals surface area (Å²) < 4.78 is 0. The van der Waals surface area contributed by atoms with Crippen molar-refractivity contribution in [1.82, 2.24) is 0 Å². The van der Waals surface area contributed by atoms with Gasteiger partial charge in [-0.3, -0.25) is 4.79 Å². The largest absolute Gasteiger partial charge is 0.294 e. The highest BCUT2D eigenvalue weighted by molar-refractivity contribution is 5.96. The summed E-state index contributed by atoms with van der Waals surface area (Å²) >= 11 is 0. The molecule has 0 saturated heterocycles. The molecule has 0 amide bonds. The van der Waals surface area contributed by atoms with Gasteiger partial charge in [-0.05, 0) is 17.0 Å². The topological polar surface area (TPSA) is 17.1 Å². The van der Waals surface area contributed by atoms with Crippen LogP contribution in [-0.4, -0.2) is 5.78 Å². The summed E-state index contributed by atoms with van der Waals surface area (Å²) in [6, 6.07) is 18.1. The van der Waals surface area contributed by atoms with Crippen molar-refractivity contribution in [2.24, 2.45) is 5.92 Å². The van der Waals surface area contributed by atoms with E-state index < -0.39 is 0 Å². The number of carbonyl (C=O) groups is 1. The first-order chi connectivity index (χ1) is 9.20. The van der Waals surface area contributed by atoms with Crippen LogP contribution in [0.15, 0.2) is 54.6 Å². The monoisotopic (exact) mass is 252 g/mol. The highest BCUT2D eigenvalue weighted by atomic mass is 16.1. The quantitative estimate of drug-likeness (QED) is 0.686. The van der Waals surface area contributed by atoms with Crippen LogP contribution < -0.4 is 0 Å². The summed E-state index contributed by atoms with van der Waals surface area (Å²) in [5.41, 5.74) is 3.16. The standard InChI is InChI=1S/C18H20O/c1-3-14(2)13-18(19)17-11-9-16(10-12-17)15-7-5-4-6-8-15/h4-12,14H,3,13H2,1-2H3. The fraction of sp³-hybridized carbons (Fsp3) is 0.278. The van der Waals surface area contributed by atoms with Gasteiger partial charge in [0.1, 0.15) is 0 Å². The van der Waals surface area contributed by atoms with Gasteiger partial charge in [0.25, 0.3) is 0 Å². The van der Waals surface area contributed by atoms with Crippen LogP contribution in [0, 0.1) is 5.92 Å². The molecule has 1 heteroatoms. The SMILES string of the molecule is CCC(C)CC(=O)c1ccc(-c2ccccc2)cc1. The van der Waals surface area contributed by atoms with E-state index in [0.717, 1.165) is 17.5 Å². The lowest BCUT2D eigenvalue weighted by molar-refractivity contribution is 0.0963. The van der Waals surface area contributed by atoms with Gasteiger partial charge in [0, 0.05) is 12.0 Å². The maximum atomic E-state index is 12.1. The molecule has 98 valence electrons. The Morgan fingerprint density at radius 3 is 2.11 bits per heavy atom. The Hall–Kier alpha value is -1.89. The molecule has 2 aromatic rings. The number of rotatable bonds is 5. The molecule has 1 atom stereocenters. The fourth-order valence-electron chi connectivity index (χ4n) is 2.06. The smallest absolute Gasteiger partial charge is 0.163 e. The van der Waals surface area contributed by atoms with Gasteiger partial charge in [-0.15, -0.1) is 0 Å². The third-order valence-electron chi connectivity index (χ3n) is 3.54. The van der Waals surface area contributed by atoms with Crippen LogP contribution in [0.4, 0.5) is 0 Å². The fourth-order valence-corrected chi connectivity index (χ4v) is 2.06. The highest BCUT2D eigenvalue weighted by Gasteiger charge is 2.09. The van der Waals surface area contributed by atoms with Gasteiger partial charge in [0.15, 0.2) is 5.78 Å². The van der Waals surface area contributed by atoms with Gasteiger partial charge < -0.3 is 0 Å². The second kappa shape index (κ2) is 6.33. The van der Waals surface area contributed by atoms with E-state index in [1.165, 1.54) is 5.56 Å². The molecule has 0 radical (unpaired) electrons. The van der Waals surface area contributed by atoms with Crippen LogP contribution in [0.25, 0.3) is 11.1 Å². The molecule has 0 aliphatic carbocycles. The second-order valence-electron chi connectivity index (χ2n) is 5.08. The summed E-state index contributed by atoms with van der Waals surface area (Å²) in [7, 11) is 0. The molecular formula is C18H20O. The third kappa shape index (κ3) is 3.54. The molecule has 0 bridgehead atoms. The van der Waals surface area contributed by atoms with E-state index in [1.807, 2.05) is 42.5 Å². The molecule has 2 aromatic carbocycles. The Bertz CT molecular complexity index is 525. The number of Topliss-reactive ketones (excluding diaryl/α,β-unsaturated/α-hetero) is 1. The molecule has 0 aromatic heterocycles. The number of ketones is 1. The summed E-state index contributed by atoms with van der Waals surface area (Å²) in [6.07, 6.45) is 1.69. The van der Waals surface area contributed by atoms with Gasteiger partial charge in [-0.25, -0.2) is 0 Å². The first-order valence-corrected chi connectivity index (χ1v) is 6.89. The molecule has 0 fully saturated rings. The lowest BCUT2D eigenvalue weighted by Crippen LogP contribution is -2.05. The van der Waals surface area contributed by atoms with Crippen LogP contribution in [0.1, 0.15) is 37.0 Å². The first-order valence-electron chi connectivity index (χ1n) is 6.89. The molecule has 0 heterocycles. The Balaban J connectivity index is 2.13. The van der Waals surface area contributed by atoms with Crippen LogP contribution >= 0.6 is 0 Å². The van der Waals surface area contributed by atoms with E-state index in [4.69, 9.17) is 0 Å². The molecule has 1 unspecified atom stereocenters. The maximum Gasteiger partial charge on any atom is 0.163 e. The second-order valence-corrected chi connectivity index (χ2v) is 5.08. The zero-order valence-electron chi connectivity index (χ0n) is 11.6. The Kier molecular flexibility index (Phi) is 4.51. The minimum Gasteiger partial charge on any atom is -0.294 e. The summed E-state index contributed by atoms with van der Waals surface area (Å²) in [5.74, 6) is 0.704. The van der Waals surface area contributed by atoms with Gasteiger partial charge >= 0.3 is 0 Å².